The van der Waals surface area contributed by atoms with Crippen molar-refractivity contribution in [2.75, 3.05) is 7.11 Å². The van der Waals surface area contributed by atoms with Crippen molar-refractivity contribution in [3.8, 4) is 17.2 Å². The summed E-state index contributed by atoms with van der Waals surface area (Å²) in [5.41, 5.74) is -5.62. The van der Waals surface area contributed by atoms with E-state index in [1.54, 1.807) is 0 Å². The van der Waals surface area contributed by atoms with E-state index < -0.39 is 25.9 Å². The van der Waals surface area contributed by atoms with Crippen LogP contribution in [0.4, 0.5) is 13.2 Å². The molecule has 3 aromatic carbocycles. The van der Waals surface area contributed by atoms with Gasteiger partial charge in [0, 0.05) is 0 Å². The van der Waals surface area contributed by atoms with E-state index in [2.05, 4.69) is 3.63 Å². The highest BCUT2D eigenvalue weighted by molar-refractivity contribution is 8.32. The van der Waals surface area contributed by atoms with Crippen molar-refractivity contribution in [2.24, 2.45) is 0 Å². The molecule has 3 aromatic rings. The van der Waals surface area contributed by atoms with Crippen LogP contribution in [0.1, 0.15) is 0 Å². The lowest BCUT2D eigenvalue weighted by atomic mass is 10.3. The van der Waals surface area contributed by atoms with Crippen molar-refractivity contribution < 1.29 is 40.2 Å². The fraction of sp³-hybridized carbons (Fsp3) is 0.100. The van der Waals surface area contributed by atoms with Gasteiger partial charge in [0.2, 0.25) is 0 Å². The van der Waals surface area contributed by atoms with Crippen molar-refractivity contribution in [1.29, 1.82) is 0 Å². The molecule has 0 amide bonds. The second-order valence-corrected chi connectivity index (χ2v) is 10.8. The van der Waals surface area contributed by atoms with Gasteiger partial charge in [-0.05, 0) is 72.8 Å². The summed E-state index contributed by atoms with van der Waals surface area (Å²) in [5, 5.41) is 19.3. The van der Waals surface area contributed by atoms with Crippen LogP contribution in [0, 0.1) is 0 Å². The zero-order chi connectivity index (χ0) is 22.9. The minimum absolute atomic E-state index is 0.133. The van der Waals surface area contributed by atoms with Crippen LogP contribution in [0.5, 0.6) is 17.2 Å². The summed E-state index contributed by atoms with van der Waals surface area (Å²) in [6.45, 7) is 0. The van der Waals surface area contributed by atoms with Crippen LogP contribution < -0.4 is 4.74 Å². The first kappa shape index (κ1) is 22.8. The maximum absolute atomic E-state index is 13.4. The Morgan fingerprint density at radius 1 is 0.742 bits per heavy atom. The highest BCUT2D eigenvalue weighted by Crippen LogP contribution is 2.69. The molecule has 31 heavy (non-hydrogen) atoms. The molecule has 0 bridgehead atoms. The second-order valence-electron chi connectivity index (χ2n) is 6.24. The summed E-state index contributed by atoms with van der Waals surface area (Å²) in [5.74, 6) is 0.0967. The number of halogens is 3. The van der Waals surface area contributed by atoms with E-state index in [4.69, 9.17) is 4.74 Å². The Bertz CT molecular complexity index is 1100. The Labute approximate surface area is 178 Å². The van der Waals surface area contributed by atoms with E-state index in [-0.39, 0.29) is 26.2 Å². The molecule has 6 nitrogen and oxygen atoms in total. The molecule has 0 unspecified atom stereocenters. The topological polar surface area (TPSA) is 96.6 Å². The number of alkyl halides is 3. The molecular weight excluding hydrogens is 457 g/mol. The quantitative estimate of drug-likeness (QED) is 0.289. The molecule has 3 rings (SSSR count). The van der Waals surface area contributed by atoms with E-state index >= 15 is 0 Å². The lowest BCUT2D eigenvalue weighted by Gasteiger charge is -2.35. The average Bonchev–Trinajstić information content (AvgIpc) is 2.72. The summed E-state index contributed by atoms with van der Waals surface area (Å²) < 4.78 is 73.2. The molecule has 0 atom stereocenters. The van der Waals surface area contributed by atoms with Crippen molar-refractivity contribution >= 4 is 20.4 Å². The molecule has 0 heterocycles. The zero-order valence-electron chi connectivity index (χ0n) is 15.9. The Balaban J connectivity index is 2.39. The summed E-state index contributed by atoms with van der Waals surface area (Å²) in [7, 11) is -7.91. The predicted molar refractivity (Wildman–Crippen MR) is 109 cm³/mol. The van der Waals surface area contributed by atoms with E-state index in [9.17, 15) is 31.8 Å². The van der Waals surface area contributed by atoms with Gasteiger partial charge < -0.3 is 14.9 Å². The molecule has 0 saturated carbocycles. The average molecular weight is 475 g/mol. The third-order valence-electron chi connectivity index (χ3n) is 4.26. The third-order valence-corrected chi connectivity index (χ3v) is 9.39. The maximum atomic E-state index is 13.4. The lowest BCUT2D eigenvalue weighted by Crippen LogP contribution is -2.30. The van der Waals surface area contributed by atoms with Crippen LogP contribution in [0.15, 0.2) is 87.5 Å². The fourth-order valence-corrected chi connectivity index (χ4v) is 7.74. The second kappa shape index (κ2) is 8.33. The van der Waals surface area contributed by atoms with Gasteiger partial charge in [0.1, 0.15) is 17.2 Å². The van der Waals surface area contributed by atoms with Crippen LogP contribution >= 0.6 is 10.3 Å². The minimum atomic E-state index is -5.93. The molecule has 0 spiro atoms. The van der Waals surface area contributed by atoms with Gasteiger partial charge in [-0.2, -0.15) is 13.2 Å². The number of ether oxygens (including phenoxy) is 1. The van der Waals surface area contributed by atoms with E-state index in [0.717, 1.165) is 0 Å². The fourth-order valence-electron chi connectivity index (χ4n) is 2.79. The number of benzene rings is 3. The standard InChI is InChI=1S/C20H17F3O6S2/c1-28-16-6-12-19(13-7-16)30(17-8-2-14(24)3-9-17,18-10-4-15(25)5-11-18)29-31(26,27)20(21,22)23/h2-13,24-25H,1H3/p+1. The first-order valence-electron chi connectivity index (χ1n) is 8.61. The van der Waals surface area contributed by atoms with Gasteiger partial charge in [-0.15, -0.1) is 8.42 Å². The van der Waals surface area contributed by atoms with E-state index in [1.165, 1.54) is 79.9 Å². The van der Waals surface area contributed by atoms with Crippen molar-refractivity contribution in [2.45, 2.75) is 20.2 Å². The number of aromatic hydroxyl groups is 2. The summed E-state index contributed by atoms with van der Waals surface area (Å²) in [6.07, 6.45) is 0. The molecule has 3 N–H and O–H groups in total. The number of methoxy groups -OCH3 is 1. The van der Waals surface area contributed by atoms with Crippen LogP contribution in [0.3, 0.4) is 0 Å². The van der Waals surface area contributed by atoms with Crippen molar-refractivity contribution in [1.82, 2.24) is 0 Å². The number of hydrogen-bond donors (Lipinski definition) is 2. The Kier molecular flexibility index (Phi) is 6.12. The highest BCUT2D eigenvalue weighted by Gasteiger charge is 2.57. The number of phenols is 2. The summed E-state index contributed by atoms with van der Waals surface area (Å²) in [4.78, 5) is 0.445. The van der Waals surface area contributed by atoms with Gasteiger partial charge in [-0.25, -0.2) is 0 Å². The van der Waals surface area contributed by atoms with Gasteiger partial charge in [0.25, 0.3) is 0 Å². The van der Waals surface area contributed by atoms with E-state index in [0.29, 0.717) is 5.75 Å². The zero-order valence-corrected chi connectivity index (χ0v) is 17.6. The maximum Gasteiger partial charge on any atom is 0.572 e. The Morgan fingerprint density at radius 2 is 1.10 bits per heavy atom. The Morgan fingerprint density at radius 3 is 1.42 bits per heavy atom. The first-order valence-corrected chi connectivity index (χ1v) is 11.6. The third kappa shape index (κ3) is 4.43. The number of hydrogen-bond acceptors (Lipinski definition) is 5. The van der Waals surface area contributed by atoms with Crippen molar-refractivity contribution in [3.63, 3.8) is 0 Å². The summed E-state index contributed by atoms with van der Waals surface area (Å²) >= 11 is 0. The smallest absolute Gasteiger partial charge is 0.508 e. The van der Waals surface area contributed by atoms with Crippen molar-refractivity contribution in [3.05, 3.63) is 72.8 Å². The molecule has 166 valence electrons. The summed E-state index contributed by atoms with van der Waals surface area (Å²) in [6, 6.07) is 16.0. The van der Waals surface area contributed by atoms with E-state index in [1.807, 2.05) is 0 Å². The SMILES string of the molecule is COc1ccc(S([OH+]S(=O)(=O)C(F)(F)F)(c2ccc(O)cc2)c2ccc(O)cc2)cc1. The highest BCUT2D eigenvalue weighted by atomic mass is 32.3. The molecular formula is C20H18F3O6S2+. The molecule has 0 aromatic heterocycles. The molecule has 0 aliphatic carbocycles. The predicted octanol–water partition coefficient (Wildman–Crippen LogP) is 5.25. The molecule has 0 aliphatic heterocycles. The van der Waals surface area contributed by atoms with Gasteiger partial charge in [-0.1, -0.05) is 0 Å². The number of phenolic OH excluding ortho intramolecular Hbond substituents is 2. The van der Waals surface area contributed by atoms with Gasteiger partial charge >= 0.3 is 15.6 Å². The molecule has 11 heteroatoms. The van der Waals surface area contributed by atoms with Crippen LogP contribution in [-0.2, 0) is 10.1 Å². The molecule has 0 saturated heterocycles. The minimum Gasteiger partial charge on any atom is -0.508 e. The van der Waals surface area contributed by atoms with Gasteiger partial charge in [-0.3, -0.25) is 3.63 Å². The molecule has 0 aliphatic rings. The monoisotopic (exact) mass is 475 g/mol. The molecule has 0 radical (unpaired) electrons. The molecule has 0 fully saturated rings. The van der Waals surface area contributed by atoms with Gasteiger partial charge in [0.05, 0.1) is 32.1 Å². The van der Waals surface area contributed by atoms with Crippen LogP contribution in [0.25, 0.3) is 0 Å². The van der Waals surface area contributed by atoms with Gasteiger partial charge in [0.15, 0.2) is 0 Å². The first-order chi connectivity index (χ1) is 14.5. The lowest BCUT2D eigenvalue weighted by molar-refractivity contribution is -0.0540. The van der Waals surface area contributed by atoms with Crippen LogP contribution in [-0.4, -0.2) is 34.9 Å². The largest absolute Gasteiger partial charge is 0.572 e. The van der Waals surface area contributed by atoms with Crippen LogP contribution in [0.2, 0.25) is 0 Å². The Hall–Kier alpha value is -2.89. The normalized spacial score (nSPS) is 13.0. The number of rotatable bonds is 6.